The van der Waals surface area contributed by atoms with Crippen LogP contribution in [0.1, 0.15) is 16.2 Å². The molecule has 0 bridgehead atoms. The molecule has 1 amide bonds. The number of hydrogen-bond donors (Lipinski definition) is 3. The largest absolute Gasteiger partial charge is 0.383 e. The highest BCUT2D eigenvalue weighted by molar-refractivity contribution is 6.00. The van der Waals surface area contributed by atoms with Crippen molar-refractivity contribution in [2.24, 2.45) is 0 Å². The van der Waals surface area contributed by atoms with Crippen molar-refractivity contribution in [1.82, 2.24) is 15.3 Å². The highest BCUT2D eigenvalue weighted by atomic mass is 16.6. The predicted molar refractivity (Wildman–Crippen MR) is 77.3 cm³/mol. The summed E-state index contributed by atoms with van der Waals surface area (Å²) in [5.41, 5.74) is 0.112. The second-order valence-corrected chi connectivity index (χ2v) is 4.25. The van der Waals surface area contributed by atoms with Gasteiger partial charge in [0.1, 0.15) is 17.1 Å². The number of nitrogens with zero attached hydrogens (tertiary/aromatic N) is 2. The molecular weight excluding hydrogens is 274 g/mol. The van der Waals surface area contributed by atoms with Crippen molar-refractivity contribution in [1.29, 1.82) is 0 Å². The lowest BCUT2D eigenvalue weighted by Crippen LogP contribution is -2.26. The molecule has 0 saturated heterocycles. The Kier molecular flexibility index (Phi) is 4.50. The van der Waals surface area contributed by atoms with Crippen molar-refractivity contribution in [2.75, 3.05) is 18.9 Å². The van der Waals surface area contributed by atoms with E-state index in [-0.39, 0.29) is 11.3 Å². The number of anilines is 1. The van der Waals surface area contributed by atoms with Crippen molar-refractivity contribution in [3.05, 3.63) is 52.1 Å². The van der Waals surface area contributed by atoms with Gasteiger partial charge in [-0.15, -0.1) is 0 Å². The molecule has 2 aromatic rings. The van der Waals surface area contributed by atoms with Crippen LogP contribution in [0.5, 0.6) is 0 Å². The Hall–Kier alpha value is -2.90. The van der Waals surface area contributed by atoms with Gasteiger partial charge >= 0.3 is 5.69 Å². The minimum atomic E-state index is -0.562. The standard InChI is InChI=1S/C13H15N5O3/c1-14-10-4-2-3-9(12(10)18(20)21)13(19)17-6-5-11-15-7-8-16-11/h2-4,7-8,14H,5-6H2,1H3,(H,15,16)(H,17,19). The van der Waals surface area contributed by atoms with Gasteiger partial charge in [0.25, 0.3) is 5.91 Å². The van der Waals surface area contributed by atoms with E-state index in [9.17, 15) is 14.9 Å². The molecule has 0 aliphatic carbocycles. The maximum atomic E-state index is 12.1. The van der Waals surface area contributed by atoms with Gasteiger partial charge in [-0.1, -0.05) is 6.07 Å². The average molecular weight is 289 g/mol. The molecule has 0 aliphatic heterocycles. The van der Waals surface area contributed by atoms with Crippen LogP contribution in [0.4, 0.5) is 11.4 Å². The van der Waals surface area contributed by atoms with E-state index in [1.165, 1.54) is 6.07 Å². The van der Waals surface area contributed by atoms with Gasteiger partial charge in [0.05, 0.1) is 4.92 Å². The molecule has 8 heteroatoms. The third kappa shape index (κ3) is 3.35. The third-order valence-electron chi connectivity index (χ3n) is 2.93. The van der Waals surface area contributed by atoms with Gasteiger partial charge in [-0.3, -0.25) is 14.9 Å². The lowest BCUT2D eigenvalue weighted by Gasteiger charge is -2.08. The fraction of sp³-hybridized carbons (Fsp3) is 0.231. The Balaban J connectivity index is 2.10. The van der Waals surface area contributed by atoms with Crippen molar-refractivity contribution in [2.45, 2.75) is 6.42 Å². The Morgan fingerprint density at radius 3 is 2.90 bits per heavy atom. The van der Waals surface area contributed by atoms with Crippen LogP contribution in [-0.2, 0) is 6.42 Å². The number of carbonyl (C=O) groups excluding carboxylic acids is 1. The Labute approximate surface area is 120 Å². The molecule has 110 valence electrons. The van der Waals surface area contributed by atoms with E-state index in [1.54, 1.807) is 31.6 Å². The number of imidazole rings is 1. The zero-order valence-corrected chi connectivity index (χ0v) is 11.4. The van der Waals surface area contributed by atoms with E-state index < -0.39 is 10.8 Å². The molecule has 0 atom stereocenters. The first kappa shape index (κ1) is 14.5. The SMILES string of the molecule is CNc1cccc(C(=O)NCCc2ncc[nH]2)c1[N+](=O)[O-]. The number of amides is 1. The van der Waals surface area contributed by atoms with E-state index >= 15 is 0 Å². The molecule has 0 radical (unpaired) electrons. The maximum absolute atomic E-state index is 12.1. The summed E-state index contributed by atoms with van der Waals surface area (Å²) in [7, 11) is 1.57. The van der Waals surface area contributed by atoms with Crippen molar-refractivity contribution in [3.8, 4) is 0 Å². The highest BCUT2D eigenvalue weighted by Gasteiger charge is 2.23. The number of H-pyrrole nitrogens is 1. The van der Waals surface area contributed by atoms with Gasteiger partial charge in [0.2, 0.25) is 0 Å². The summed E-state index contributed by atoms with van der Waals surface area (Å²) in [4.78, 5) is 29.6. The molecule has 0 fully saturated rings. The smallest absolute Gasteiger partial charge is 0.305 e. The van der Waals surface area contributed by atoms with E-state index in [1.807, 2.05) is 0 Å². The quantitative estimate of drug-likeness (QED) is 0.548. The molecular formula is C13H15N5O3. The van der Waals surface area contributed by atoms with Crippen LogP contribution >= 0.6 is 0 Å². The highest BCUT2D eigenvalue weighted by Crippen LogP contribution is 2.28. The van der Waals surface area contributed by atoms with Crippen LogP contribution in [0.25, 0.3) is 0 Å². The Morgan fingerprint density at radius 2 is 2.29 bits per heavy atom. The fourth-order valence-electron chi connectivity index (χ4n) is 1.95. The molecule has 0 unspecified atom stereocenters. The van der Waals surface area contributed by atoms with Crippen LogP contribution in [-0.4, -0.2) is 34.4 Å². The number of aromatic amines is 1. The van der Waals surface area contributed by atoms with Crippen LogP contribution in [0, 0.1) is 10.1 Å². The summed E-state index contributed by atoms with van der Waals surface area (Å²) < 4.78 is 0. The Morgan fingerprint density at radius 1 is 1.48 bits per heavy atom. The topological polar surface area (TPSA) is 113 Å². The summed E-state index contributed by atoms with van der Waals surface area (Å²) in [5, 5.41) is 16.5. The molecule has 8 nitrogen and oxygen atoms in total. The van der Waals surface area contributed by atoms with E-state index in [0.29, 0.717) is 18.7 Å². The molecule has 0 saturated carbocycles. The number of carbonyl (C=O) groups is 1. The zero-order valence-electron chi connectivity index (χ0n) is 11.4. The van der Waals surface area contributed by atoms with Crippen LogP contribution in [0.3, 0.4) is 0 Å². The van der Waals surface area contributed by atoms with Crippen LogP contribution in [0.2, 0.25) is 0 Å². The summed E-state index contributed by atoms with van der Waals surface area (Å²) >= 11 is 0. The van der Waals surface area contributed by atoms with Gasteiger partial charge in [0.15, 0.2) is 0 Å². The first-order valence-electron chi connectivity index (χ1n) is 6.35. The molecule has 1 aromatic carbocycles. The number of hydrogen-bond acceptors (Lipinski definition) is 5. The van der Waals surface area contributed by atoms with Gasteiger partial charge in [-0.05, 0) is 12.1 Å². The number of nitrogens with one attached hydrogen (secondary N) is 3. The summed E-state index contributed by atoms with van der Waals surface area (Å²) in [6.45, 7) is 0.341. The van der Waals surface area contributed by atoms with Gasteiger partial charge < -0.3 is 15.6 Å². The van der Waals surface area contributed by atoms with Gasteiger partial charge in [0, 0.05) is 32.4 Å². The first-order chi connectivity index (χ1) is 10.1. The number of aromatic nitrogens is 2. The molecule has 21 heavy (non-hydrogen) atoms. The second kappa shape index (κ2) is 6.51. The number of benzene rings is 1. The number of rotatable bonds is 6. The average Bonchev–Trinajstić information content (AvgIpc) is 2.99. The van der Waals surface area contributed by atoms with Gasteiger partial charge in [-0.25, -0.2) is 4.98 Å². The normalized spacial score (nSPS) is 10.1. The molecule has 1 heterocycles. The number of para-hydroxylation sites is 1. The van der Waals surface area contributed by atoms with Gasteiger partial charge in [-0.2, -0.15) is 0 Å². The number of nitro benzene ring substituents is 1. The minimum Gasteiger partial charge on any atom is -0.383 e. The van der Waals surface area contributed by atoms with Crippen LogP contribution in [0.15, 0.2) is 30.6 Å². The van der Waals surface area contributed by atoms with E-state index in [4.69, 9.17) is 0 Å². The minimum absolute atomic E-state index is 0.0336. The predicted octanol–water partition coefficient (Wildman–Crippen LogP) is 1.33. The van der Waals surface area contributed by atoms with E-state index in [2.05, 4.69) is 20.6 Å². The van der Waals surface area contributed by atoms with Crippen molar-refractivity contribution >= 4 is 17.3 Å². The summed E-state index contributed by atoms with van der Waals surface area (Å²) in [6.07, 6.45) is 3.84. The monoisotopic (exact) mass is 289 g/mol. The fourth-order valence-corrected chi connectivity index (χ4v) is 1.95. The molecule has 0 spiro atoms. The lowest BCUT2D eigenvalue weighted by atomic mass is 10.1. The van der Waals surface area contributed by atoms with Crippen molar-refractivity contribution in [3.63, 3.8) is 0 Å². The molecule has 1 aromatic heterocycles. The summed E-state index contributed by atoms with van der Waals surface area (Å²) in [5.74, 6) is 0.263. The number of nitro groups is 1. The summed E-state index contributed by atoms with van der Waals surface area (Å²) in [6, 6.07) is 4.58. The second-order valence-electron chi connectivity index (χ2n) is 4.25. The van der Waals surface area contributed by atoms with E-state index in [0.717, 1.165) is 5.82 Å². The maximum Gasteiger partial charge on any atom is 0.305 e. The molecule has 2 rings (SSSR count). The van der Waals surface area contributed by atoms with Crippen LogP contribution < -0.4 is 10.6 Å². The molecule has 3 N–H and O–H groups in total. The third-order valence-corrected chi connectivity index (χ3v) is 2.93. The first-order valence-corrected chi connectivity index (χ1v) is 6.35. The Bertz CT molecular complexity index is 639. The molecule has 0 aliphatic rings. The van der Waals surface area contributed by atoms with Crippen molar-refractivity contribution < 1.29 is 9.72 Å². The lowest BCUT2D eigenvalue weighted by molar-refractivity contribution is -0.384. The zero-order chi connectivity index (χ0) is 15.2.